The normalized spacial score (nSPS) is 26.8. The van der Waals surface area contributed by atoms with Crippen LogP contribution < -0.4 is 5.32 Å². The zero-order chi connectivity index (χ0) is 13.5. The molecule has 2 saturated heterocycles. The summed E-state index contributed by atoms with van der Waals surface area (Å²) < 4.78 is 0. The van der Waals surface area contributed by atoms with Crippen molar-refractivity contribution in [1.82, 2.24) is 15.2 Å². The number of nitrogens with zero attached hydrogens (tertiary/aromatic N) is 1. The number of aromatic nitrogens is 1. The molecule has 1 aromatic rings. The van der Waals surface area contributed by atoms with E-state index in [0.717, 1.165) is 37.9 Å². The van der Waals surface area contributed by atoms with Crippen LogP contribution in [-0.2, 0) is 4.79 Å². The van der Waals surface area contributed by atoms with Crippen molar-refractivity contribution in [3.8, 4) is 0 Å². The molecule has 2 aliphatic heterocycles. The molecule has 0 aliphatic carbocycles. The first-order chi connectivity index (χ1) is 9.15. The van der Waals surface area contributed by atoms with E-state index in [0.29, 0.717) is 12.1 Å². The highest BCUT2D eigenvalue weighted by Crippen LogP contribution is 2.36. The molecule has 1 atom stereocenters. The summed E-state index contributed by atoms with van der Waals surface area (Å²) in [6, 6.07) is 1.80. The zero-order valence-corrected chi connectivity index (χ0v) is 11.2. The molecule has 0 saturated carbocycles. The summed E-state index contributed by atoms with van der Waals surface area (Å²) in [5.41, 5.74) is 0.946. The van der Waals surface area contributed by atoms with Crippen LogP contribution in [0.4, 0.5) is 0 Å². The fraction of sp³-hybridized carbons (Fsp3) is 0.571. The molecule has 5 heteroatoms. The first-order valence-corrected chi connectivity index (χ1v) is 6.89. The maximum atomic E-state index is 12.7. The van der Waals surface area contributed by atoms with Gasteiger partial charge >= 0.3 is 0 Å². The first-order valence-electron chi connectivity index (χ1n) is 6.89. The van der Waals surface area contributed by atoms with Crippen LogP contribution in [-0.4, -0.2) is 40.3 Å². The number of piperidine rings is 1. The molecule has 2 amide bonds. The average molecular weight is 261 g/mol. The SMILES string of the molecule is Cc1[nH]ccc1C(=O)N1CCCC12CCCNC2=O. The number of nitrogens with one attached hydrogen (secondary N) is 2. The van der Waals surface area contributed by atoms with Gasteiger partial charge in [0, 0.05) is 25.0 Å². The third-order valence-corrected chi connectivity index (χ3v) is 4.39. The van der Waals surface area contributed by atoms with E-state index in [1.807, 2.05) is 6.92 Å². The maximum Gasteiger partial charge on any atom is 0.256 e. The Kier molecular flexibility index (Phi) is 2.84. The van der Waals surface area contributed by atoms with E-state index in [9.17, 15) is 9.59 Å². The second kappa shape index (κ2) is 4.40. The smallest absolute Gasteiger partial charge is 0.256 e. The van der Waals surface area contributed by atoms with Crippen LogP contribution in [0.15, 0.2) is 12.3 Å². The van der Waals surface area contributed by atoms with Gasteiger partial charge in [-0.05, 0) is 38.7 Å². The van der Waals surface area contributed by atoms with Crippen molar-refractivity contribution in [3.05, 3.63) is 23.5 Å². The summed E-state index contributed by atoms with van der Waals surface area (Å²) in [6.07, 6.45) is 5.19. The third kappa shape index (κ3) is 1.76. The Morgan fingerprint density at radius 1 is 1.37 bits per heavy atom. The minimum atomic E-state index is -0.598. The second-order valence-corrected chi connectivity index (χ2v) is 5.47. The summed E-state index contributed by atoms with van der Waals surface area (Å²) in [5.74, 6) is 0.00564. The quantitative estimate of drug-likeness (QED) is 0.798. The molecule has 0 radical (unpaired) electrons. The van der Waals surface area contributed by atoms with Gasteiger partial charge in [-0.3, -0.25) is 9.59 Å². The van der Waals surface area contributed by atoms with Gasteiger partial charge in [0.15, 0.2) is 0 Å². The molecule has 3 heterocycles. The predicted octanol–water partition coefficient (Wildman–Crippen LogP) is 1.21. The molecular formula is C14H19N3O2. The van der Waals surface area contributed by atoms with Gasteiger partial charge in [-0.25, -0.2) is 0 Å². The minimum absolute atomic E-state index is 0.0201. The summed E-state index contributed by atoms with van der Waals surface area (Å²) in [7, 11) is 0. The third-order valence-electron chi connectivity index (χ3n) is 4.39. The Labute approximate surface area is 112 Å². The highest BCUT2D eigenvalue weighted by molar-refractivity contribution is 6.00. The molecule has 1 spiro atoms. The van der Waals surface area contributed by atoms with Crippen molar-refractivity contribution in [2.75, 3.05) is 13.1 Å². The van der Waals surface area contributed by atoms with E-state index in [1.165, 1.54) is 0 Å². The van der Waals surface area contributed by atoms with Gasteiger partial charge in [-0.15, -0.1) is 0 Å². The minimum Gasteiger partial charge on any atom is -0.365 e. The van der Waals surface area contributed by atoms with Crippen LogP contribution >= 0.6 is 0 Å². The molecule has 1 unspecified atom stereocenters. The lowest BCUT2D eigenvalue weighted by atomic mass is 9.86. The van der Waals surface area contributed by atoms with Crippen LogP contribution in [0, 0.1) is 6.92 Å². The first kappa shape index (κ1) is 12.3. The molecule has 0 aromatic carbocycles. The van der Waals surface area contributed by atoms with Crippen LogP contribution in [0.5, 0.6) is 0 Å². The topological polar surface area (TPSA) is 65.2 Å². The molecule has 102 valence electrons. The number of likely N-dealkylation sites (tertiary alicyclic amines) is 1. The van der Waals surface area contributed by atoms with Gasteiger partial charge in [0.1, 0.15) is 5.54 Å². The Morgan fingerprint density at radius 3 is 2.84 bits per heavy atom. The number of H-pyrrole nitrogens is 1. The van der Waals surface area contributed by atoms with Crippen LogP contribution in [0.3, 0.4) is 0 Å². The summed E-state index contributed by atoms with van der Waals surface area (Å²) in [4.78, 5) is 29.8. The second-order valence-electron chi connectivity index (χ2n) is 5.47. The van der Waals surface area contributed by atoms with E-state index in [-0.39, 0.29) is 11.8 Å². The van der Waals surface area contributed by atoms with E-state index in [2.05, 4.69) is 10.3 Å². The summed E-state index contributed by atoms with van der Waals surface area (Å²) >= 11 is 0. The number of aromatic amines is 1. The van der Waals surface area contributed by atoms with E-state index >= 15 is 0 Å². The van der Waals surface area contributed by atoms with Crippen LogP contribution in [0.1, 0.15) is 41.7 Å². The fourth-order valence-corrected chi connectivity index (χ4v) is 3.36. The number of aryl methyl sites for hydroxylation is 1. The number of hydrogen-bond donors (Lipinski definition) is 2. The lowest BCUT2D eigenvalue weighted by Crippen LogP contribution is -2.60. The largest absolute Gasteiger partial charge is 0.365 e. The van der Waals surface area contributed by atoms with E-state index < -0.39 is 5.54 Å². The van der Waals surface area contributed by atoms with E-state index in [4.69, 9.17) is 0 Å². The van der Waals surface area contributed by atoms with Crippen molar-refractivity contribution in [1.29, 1.82) is 0 Å². The van der Waals surface area contributed by atoms with Gasteiger partial charge < -0.3 is 15.2 Å². The molecule has 2 N–H and O–H groups in total. The number of hydrogen-bond acceptors (Lipinski definition) is 2. The van der Waals surface area contributed by atoms with Gasteiger partial charge in [0.05, 0.1) is 5.56 Å². The van der Waals surface area contributed by atoms with Crippen molar-refractivity contribution < 1.29 is 9.59 Å². The monoisotopic (exact) mass is 261 g/mol. The van der Waals surface area contributed by atoms with Gasteiger partial charge in [0.25, 0.3) is 5.91 Å². The summed E-state index contributed by atoms with van der Waals surface area (Å²) in [5, 5.41) is 2.92. The Bertz CT molecular complexity index is 523. The standard InChI is InChI=1S/C14H19N3O2/c1-10-11(4-8-15-10)12(18)17-9-3-6-14(17)5-2-7-16-13(14)19/h4,8,15H,2-3,5-7,9H2,1H3,(H,16,19). The molecular weight excluding hydrogens is 242 g/mol. The fourth-order valence-electron chi connectivity index (χ4n) is 3.36. The highest BCUT2D eigenvalue weighted by Gasteiger charge is 2.50. The van der Waals surface area contributed by atoms with Crippen molar-refractivity contribution in [2.24, 2.45) is 0 Å². The molecule has 19 heavy (non-hydrogen) atoms. The Balaban J connectivity index is 1.93. The lowest BCUT2D eigenvalue weighted by Gasteiger charge is -2.40. The average Bonchev–Trinajstić information content (AvgIpc) is 3.00. The number of carbonyl (C=O) groups excluding carboxylic acids is 2. The van der Waals surface area contributed by atoms with Crippen LogP contribution in [0.2, 0.25) is 0 Å². The van der Waals surface area contributed by atoms with Crippen molar-refractivity contribution in [3.63, 3.8) is 0 Å². The van der Waals surface area contributed by atoms with Gasteiger partial charge in [0.2, 0.25) is 5.91 Å². The molecule has 3 rings (SSSR count). The Morgan fingerprint density at radius 2 is 2.16 bits per heavy atom. The van der Waals surface area contributed by atoms with Crippen LogP contribution in [0.25, 0.3) is 0 Å². The number of carbonyl (C=O) groups is 2. The molecule has 1 aromatic heterocycles. The summed E-state index contributed by atoms with van der Waals surface area (Å²) in [6.45, 7) is 3.29. The van der Waals surface area contributed by atoms with Gasteiger partial charge in [-0.1, -0.05) is 0 Å². The lowest BCUT2D eigenvalue weighted by molar-refractivity contribution is -0.133. The maximum absolute atomic E-state index is 12.7. The predicted molar refractivity (Wildman–Crippen MR) is 70.8 cm³/mol. The van der Waals surface area contributed by atoms with Gasteiger partial charge in [-0.2, -0.15) is 0 Å². The zero-order valence-electron chi connectivity index (χ0n) is 11.2. The molecule has 0 bridgehead atoms. The number of rotatable bonds is 1. The molecule has 2 fully saturated rings. The van der Waals surface area contributed by atoms with E-state index in [1.54, 1.807) is 17.2 Å². The number of amides is 2. The molecule has 5 nitrogen and oxygen atoms in total. The molecule has 2 aliphatic rings. The van der Waals surface area contributed by atoms with Crippen molar-refractivity contribution in [2.45, 2.75) is 38.1 Å². The highest BCUT2D eigenvalue weighted by atomic mass is 16.2. The Hall–Kier alpha value is -1.78. The van der Waals surface area contributed by atoms with Crippen molar-refractivity contribution >= 4 is 11.8 Å².